The van der Waals surface area contributed by atoms with Crippen LogP contribution in [0.2, 0.25) is 0 Å². The molecule has 2 N–H and O–H groups in total. The second-order valence-electron chi connectivity index (χ2n) is 8.08. The number of anilines is 1. The largest absolute Gasteiger partial charge is 0.337 e. The van der Waals surface area contributed by atoms with Crippen molar-refractivity contribution < 1.29 is 9.59 Å². The molecule has 160 valence electrons. The zero-order valence-corrected chi connectivity index (χ0v) is 17.9. The summed E-state index contributed by atoms with van der Waals surface area (Å²) < 4.78 is 1.84. The second-order valence-corrected chi connectivity index (χ2v) is 9.14. The van der Waals surface area contributed by atoms with Gasteiger partial charge in [-0.05, 0) is 31.9 Å². The number of likely N-dealkylation sites (tertiary alicyclic amines) is 1. The van der Waals surface area contributed by atoms with Gasteiger partial charge in [-0.2, -0.15) is 5.10 Å². The Bertz CT molecular complexity index is 1110. The fourth-order valence-electron chi connectivity index (χ4n) is 4.59. The van der Waals surface area contributed by atoms with Crippen molar-refractivity contribution >= 4 is 29.0 Å². The highest BCUT2D eigenvalue weighted by molar-refractivity contribution is 7.09. The van der Waals surface area contributed by atoms with Crippen molar-refractivity contribution in [2.24, 2.45) is 5.41 Å². The zero-order chi connectivity index (χ0) is 21.4. The van der Waals surface area contributed by atoms with E-state index in [0.717, 1.165) is 23.7 Å². The molecule has 31 heavy (non-hydrogen) atoms. The lowest BCUT2D eigenvalue weighted by Gasteiger charge is -2.40. The van der Waals surface area contributed by atoms with Crippen LogP contribution in [0, 0.1) is 12.3 Å². The van der Waals surface area contributed by atoms with E-state index in [0.29, 0.717) is 31.0 Å². The monoisotopic (exact) mass is 437 g/mol. The average Bonchev–Trinajstić information content (AvgIpc) is 3.51. The van der Waals surface area contributed by atoms with Gasteiger partial charge < -0.3 is 15.5 Å². The van der Waals surface area contributed by atoms with Gasteiger partial charge in [0.25, 0.3) is 5.91 Å². The predicted molar refractivity (Wildman–Crippen MR) is 116 cm³/mol. The molecule has 0 aliphatic carbocycles. The summed E-state index contributed by atoms with van der Waals surface area (Å²) in [5, 5.41) is 13.0. The van der Waals surface area contributed by atoms with Crippen LogP contribution in [0.1, 0.15) is 40.2 Å². The summed E-state index contributed by atoms with van der Waals surface area (Å²) in [7, 11) is 0. The minimum atomic E-state index is -0.345. The number of amides is 3. The van der Waals surface area contributed by atoms with Gasteiger partial charge in [0.05, 0.1) is 11.0 Å². The van der Waals surface area contributed by atoms with Crippen molar-refractivity contribution in [3.05, 3.63) is 58.6 Å². The van der Waals surface area contributed by atoms with E-state index >= 15 is 0 Å². The van der Waals surface area contributed by atoms with Crippen LogP contribution in [0.4, 0.5) is 10.5 Å². The van der Waals surface area contributed by atoms with Gasteiger partial charge in [0.2, 0.25) is 0 Å². The Morgan fingerprint density at radius 1 is 1.19 bits per heavy atom. The molecule has 3 amide bonds. The molecule has 0 radical (unpaired) electrons. The van der Waals surface area contributed by atoms with Crippen molar-refractivity contribution in [1.29, 1.82) is 0 Å². The number of aryl methyl sites for hydroxylation is 2. The van der Waals surface area contributed by atoms with Gasteiger partial charge in [0.15, 0.2) is 0 Å². The van der Waals surface area contributed by atoms with Gasteiger partial charge >= 0.3 is 6.03 Å². The molecule has 0 unspecified atom stereocenters. The average molecular weight is 438 g/mol. The Hall–Kier alpha value is -3.27. The van der Waals surface area contributed by atoms with Gasteiger partial charge in [-0.1, -0.05) is 18.2 Å². The second kappa shape index (κ2) is 7.77. The SMILES string of the molecule is Cc1nc(C(=O)N2CC[C@@]3(CCn4ncnc4[C@H]3NC(=O)Nc3ccccc3)C2)cs1. The highest BCUT2D eigenvalue weighted by Gasteiger charge is 2.51. The Kier molecular flexibility index (Phi) is 4.93. The van der Waals surface area contributed by atoms with Crippen molar-refractivity contribution in [1.82, 2.24) is 30.0 Å². The Balaban J connectivity index is 1.38. The highest BCUT2D eigenvalue weighted by atomic mass is 32.1. The number of benzene rings is 1. The molecule has 9 nitrogen and oxygen atoms in total. The van der Waals surface area contributed by atoms with E-state index in [-0.39, 0.29) is 23.4 Å². The standard InChI is InChI=1S/C21H23N7O2S/c1-14-24-16(11-31-14)19(29)27-9-7-21(12-27)8-10-28-18(22-13-23-28)17(21)26-20(30)25-15-5-3-2-4-6-15/h2-6,11,13,17H,7-10,12H2,1H3,(H2,25,26,30)/t17-,21-/m1/s1. The number of urea groups is 1. The number of thiazole rings is 1. The smallest absolute Gasteiger partial charge is 0.319 e. The maximum absolute atomic E-state index is 13.0. The fraction of sp³-hybridized carbons (Fsp3) is 0.381. The van der Waals surface area contributed by atoms with E-state index in [1.54, 1.807) is 0 Å². The summed E-state index contributed by atoms with van der Waals surface area (Å²) in [5.74, 6) is 0.675. The van der Waals surface area contributed by atoms with E-state index in [9.17, 15) is 9.59 Å². The quantitative estimate of drug-likeness (QED) is 0.656. The number of para-hydroxylation sites is 1. The maximum atomic E-state index is 13.0. The van der Waals surface area contributed by atoms with E-state index in [1.807, 2.05) is 52.2 Å². The molecule has 2 atom stereocenters. The number of carbonyl (C=O) groups excluding carboxylic acids is 2. The molecule has 10 heteroatoms. The van der Waals surface area contributed by atoms with Gasteiger partial charge in [-0.15, -0.1) is 11.3 Å². The van der Waals surface area contributed by atoms with E-state index in [2.05, 4.69) is 25.7 Å². The number of fused-ring (bicyclic) bond motifs is 1. The van der Waals surface area contributed by atoms with Crippen LogP contribution in [0.25, 0.3) is 0 Å². The van der Waals surface area contributed by atoms with E-state index in [4.69, 9.17) is 0 Å². The highest BCUT2D eigenvalue weighted by Crippen LogP contribution is 2.47. The minimum absolute atomic E-state index is 0.0549. The number of nitrogens with zero attached hydrogens (tertiary/aromatic N) is 5. The fourth-order valence-corrected chi connectivity index (χ4v) is 5.17. The predicted octanol–water partition coefficient (Wildman–Crippen LogP) is 2.84. The number of rotatable bonds is 3. The molecule has 2 aromatic heterocycles. The normalized spacial score (nSPS) is 22.4. The summed E-state index contributed by atoms with van der Waals surface area (Å²) in [6.07, 6.45) is 3.11. The first-order valence-corrected chi connectivity index (χ1v) is 11.1. The summed E-state index contributed by atoms with van der Waals surface area (Å²) in [5.41, 5.74) is 0.913. The minimum Gasteiger partial charge on any atom is -0.337 e. The third-order valence-corrected chi connectivity index (χ3v) is 6.93. The van der Waals surface area contributed by atoms with Gasteiger partial charge in [-0.3, -0.25) is 4.79 Å². The van der Waals surface area contributed by atoms with Crippen LogP contribution in [-0.4, -0.2) is 49.7 Å². The van der Waals surface area contributed by atoms with Gasteiger partial charge in [0, 0.05) is 36.1 Å². The van der Waals surface area contributed by atoms with Crippen molar-refractivity contribution in [2.75, 3.05) is 18.4 Å². The molecule has 1 aromatic carbocycles. The van der Waals surface area contributed by atoms with E-state index < -0.39 is 0 Å². The molecule has 5 rings (SSSR count). The summed E-state index contributed by atoms with van der Waals surface area (Å²) >= 11 is 1.47. The Morgan fingerprint density at radius 3 is 2.77 bits per heavy atom. The third kappa shape index (κ3) is 3.67. The summed E-state index contributed by atoms with van der Waals surface area (Å²) in [6.45, 7) is 3.78. The molecule has 3 aromatic rings. The number of nitrogens with one attached hydrogen (secondary N) is 2. The number of hydrogen-bond acceptors (Lipinski definition) is 6. The van der Waals surface area contributed by atoms with Crippen LogP contribution in [0.15, 0.2) is 42.0 Å². The van der Waals surface area contributed by atoms with Crippen LogP contribution in [-0.2, 0) is 6.54 Å². The van der Waals surface area contributed by atoms with Gasteiger partial charge in [0.1, 0.15) is 17.8 Å². The van der Waals surface area contributed by atoms with Crippen LogP contribution in [0.3, 0.4) is 0 Å². The third-order valence-electron chi connectivity index (χ3n) is 6.16. The topological polar surface area (TPSA) is 105 Å². The molecule has 1 fully saturated rings. The molecular weight excluding hydrogens is 414 g/mol. The maximum Gasteiger partial charge on any atom is 0.319 e. The first kappa shape index (κ1) is 19.7. The van der Waals surface area contributed by atoms with Gasteiger partial charge in [-0.25, -0.2) is 19.4 Å². The molecule has 1 spiro atoms. The van der Waals surface area contributed by atoms with E-state index in [1.165, 1.54) is 17.7 Å². The lowest BCUT2D eigenvalue weighted by Crippen LogP contribution is -2.49. The zero-order valence-electron chi connectivity index (χ0n) is 17.1. The summed E-state index contributed by atoms with van der Waals surface area (Å²) in [6, 6.07) is 8.67. The molecular formula is C21H23N7O2S. The molecule has 2 aliphatic rings. The molecule has 0 bridgehead atoms. The first-order chi connectivity index (χ1) is 15.0. The number of aromatic nitrogens is 4. The molecule has 2 aliphatic heterocycles. The molecule has 4 heterocycles. The Labute approximate surface area is 183 Å². The van der Waals surface area contributed by atoms with Crippen LogP contribution in [0.5, 0.6) is 0 Å². The number of hydrogen-bond donors (Lipinski definition) is 2. The van der Waals surface area contributed by atoms with Crippen molar-refractivity contribution in [3.63, 3.8) is 0 Å². The lowest BCUT2D eigenvalue weighted by molar-refractivity contribution is 0.0730. The summed E-state index contributed by atoms with van der Waals surface area (Å²) in [4.78, 5) is 36.5. The van der Waals surface area contributed by atoms with Crippen molar-refractivity contribution in [2.45, 2.75) is 32.4 Å². The van der Waals surface area contributed by atoms with Crippen LogP contribution < -0.4 is 10.6 Å². The van der Waals surface area contributed by atoms with Crippen molar-refractivity contribution in [3.8, 4) is 0 Å². The number of carbonyl (C=O) groups is 2. The molecule has 1 saturated heterocycles. The first-order valence-electron chi connectivity index (χ1n) is 10.3. The van der Waals surface area contributed by atoms with Crippen LogP contribution >= 0.6 is 11.3 Å². The lowest BCUT2D eigenvalue weighted by atomic mass is 9.74. The molecule has 0 saturated carbocycles. The Morgan fingerprint density at radius 2 is 2.00 bits per heavy atom.